The van der Waals surface area contributed by atoms with Crippen molar-refractivity contribution in [2.75, 3.05) is 20.8 Å². The third-order valence-corrected chi connectivity index (χ3v) is 6.47. The van der Waals surface area contributed by atoms with Crippen LogP contribution in [0, 0.1) is 17.0 Å². The Bertz CT molecular complexity index is 1030. The van der Waals surface area contributed by atoms with Crippen molar-refractivity contribution in [2.24, 2.45) is 16.1 Å². The third kappa shape index (κ3) is 2.91. The van der Waals surface area contributed by atoms with Crippen molar-refractivity contribution in [3.05, 3.63) is 59.2 Å². The highest BCUT2D eigenvalue weighted by molar-refractivity contribution is 6.08. The van der Waals surface area contributed by atoms with Gasteiger partial charge in [-0.2, -0.15) is 0 Å². The summed E-state index contributed by atoms with van der Waals surface area (Å²) in [7, 11) is 3.27. The summed E-state index contributed by atoms with van der Waals surface area (Å²) in [6, 6.07) is 8.99. The number of carbonyl (C=O) groups excluding carboxylic acids is 1. The Labute approximate surface area is 174 Å². The van der Waals surface area contributed by atoms with Crippen molar-refractivity contribution in [3.8, 4) is 11.1 Å². The van der Waals surface area contributed by atoms with Crippen molar-refractivity contribution in [2.45, 2.75) is 31.7 Å². The number of nitrogens with zero attached hydrogens (tertiary/aromatic N) is 2. The summed E-state index contributed by atoms with van der Waals surface area (Å²) in [5.74, 6) is -1.30. The third-order valence-electron chi connectivity index (χ3n) is 6.47. The van der Waals surface area contributed by atoms with E-state index in [2.05, 4.69) is 6.92 Å². The quantitative estimate of drug-likeness (QED) is 0.762. The Balaban J connectivity index is 1.87. The van der Waals surface area contributed by atoms with Crippen LogP contribution in [0.3, 0.4) is 0 Å². The number of hydrogen-bond acceptors (Lipinski definition) is 4. The minimum Gasteiger partial charge on any atom is -0.385 e. The van der Waals surface area contributed by atoms with E-state index in [-0.39, 0.29) is 11.9 Å². The highest BCUT2D eigenvalue weighted by atomic mass is 19.1. The Kier molecular flexibility index (Phi) is 4.89. The van der Waals surface area contributed by atoms with Gasteiger partial charge in [0, 0.05) is 32.2 Å². The fourth-order valence-electron chi connectivity index (χ4n) is 4.93. The molecule has 158 valence electrons. The maximum atomic E-state index is 13.8. The molecule has 0 aromatic heterocycles. The molecule has 2 aromatic carbocycles. The SMILES string of the molecule is COCCCC1(C)Cc2ccc(-c3cc(F)cc(F)c3)cc2C12N=C(N)N(C)C2=O. The van der Waals surface area contributed by atoms with Gasteiger partial charge in [0.1, 0.15) is 11.6 Å². The molecule has 2 aliphatic rings. The Morgan fingerprint density at radius 3 is 2.47 bits per heavy atom. The maximum Gasteiger partial charge on any atom is 0.262 e. The normalized spacial score (nSPS) is 25.2. The second-order valence-electron chi connectivity index (χ2n) is 8.41. The molecule has 1 heterocycles. The lowest BCUT2D eigenvalue weighted by molar-refractivity contribution is -0.135. The number of guanidine groups is 1. The molecule has 30 heavy (non-hydrogen) atoms. The number of rotatable bonds is 5. The van der Waals surface area contributed by atoms with E-state index in [0.717, 1.165) is 30.0 Å². The molecule has 1 spiro atoms. The van der Waals surface area contributed by atoms with E-state index in [9.17, 15) is 13.6 Å². The summed E-state index contributed by atoms with van der Waals surface area (Å²) >= 11 is 0. The van der Waals surface area contributed by atoms with Gasteiger partial charge < -0.3 is 10.5 Å². The van der Waals surface area contributed by atoms with Crippen LogP contribution in [0.5, 0.6) is 0 Å². The molecular weight excluding hydrogens is 388 g/mol. The highest BCUT2D eigenvalue weighted by Gasteiger charge is 2.63. The molecule has 1 aliphatic carbocycles. The Morgan fingerprint density at radius 1 is 1.17 bits per heavy atom. The van der Waals surface area contributed by atoms with E-state index in [0.29, 0.717) is 24.2 Å². The summed E-state index contributed by atoms with van der Waals surface area (Å²) in [4.78, 5) is 19.6. The average Bonchev–Trinajstić information content (AvgIpc) is 3.07. The van der Waals surface area contributed by atoms with Gasteiger partial charge >= 0.3 is 0 Å². The maximum absolute atomic E-state index is 13.8. The number of hydrogen-bond donors (Lipinski definition) is 1. The topological polar surface area (TPSA) is 67.9 Å². The van der Waals surface area contributed by atoms with E-state index >= 15 is 0 Å². The van der Waals surface area contributed by atoms with E-state index in [4.69, 9.17) is 15.5 Å². The molecule has 7 heteroatoms. The zero-order chi connectivity index (χ0) is 21.7. The predicted molar refractivity (Wildman–Crippen MR) is 111 cm³/mol. The Morgan fingerprint density at radius 2 is 1.87 bits per heavy atom. The molecule has 0 saturated heterocycles. The van der Waals surface area contributed by atoms with Crippen LogP contribution in [-0.4, -0.2) is 37.5 Å². The summed E-state index contributed by atoms with van der Waals surface area (Å²) in [6.07, 6.45) is 2.15. The van der Waals surface area contributed by atoms with Crippen LogP contribution in [0.25, 0.3) is 11.1 Å². The van der Waals surface area contributed by atoms with Crippen LogP contribution in [0.2, 0.25) is 0 Å². The minimum absolute atomic E-state index is 0.174. The van der Waals surface area contributed by atoms with Gasteiger partial charge in [0.2, 0.25) is 0 Å². The van der Waals surface area contributed by atoms with Gasteiger partial charge in [0.25, 0.3) is 5.91 Å². The van der Waals surface area contributed by atoms with E-state index < -0.39 is 22.6 Å². The molecule has 5 nitrogen and oxygen atoms in total. The molecule has 1 aliphatic heterocycles. The number of fused-ring (bicyclic) bond motifs is 2. The molecular formula is C23H25F2N3O2. The van der Waals surface area contributed by atoms with Crippen LogP contribution >= 0.6 is 0 Å². The zero-order valence-corrected chi connectivity index (χ0v) is 17.3. The molecule has 0 bridgehead atoms. The van der Waals surface area contributed by atoms with E-state index in [1.165, 1.54) is 17.0 Å². The van der Waals surface area contributed by atoms with Crippen LogP contribution in [0.4, 0.5) is 8.78 Å². The van der Waals surface area contributed by atoms with Crippen molar-refractivity contribution in [1.82, 2.24) is 4.90 Å². The molecule has 2 unspecified atom stereocenters. The molecule has 2 atom stereocenters. The summed E-state index contributed by atoms with van der Waals surface area (Å²) in [6.45, 7) is 2.64. The van der Waals surface area contributed by atoms with Crippen molar-refractivity contribution in [3.63, 3.8) is 0 Å². The molecule has 1 amide bonds. The first-order valence-electron chi connectivity index (χ1n) is 9.94. The van der Waals surface area contributed by atoms with E-state index in [1.54, 1.807) is 14.2 Å². The van der Waals surface area contributed by atoms with Gasteiger partial charge in [-0.15, -0.1) is 0 Å². The second kappa shape index (κ2) is 7.16. The lowest BCUT2D eigenvalue weighted by Crippen LogP contribution is -2.48. The smallest absolute Gasteiger partial charge is 0.262 e. The van der Waals surface area contributed by atoms with Crippen LogP contribution in [0.1, 0.15) is 30.9 Å². The van der Waals surface area contributed by atoms with Gasteiger partial charge in [-0.05, 0) is 59.7 Å². The molecule has 2 N–H and O–H groups in total. The van der Waals surface area contributed by atoms with Crippen LogP contribution in [0.15, 0.2) is 41.4 Å². The van der Waals surface area contributed by atoms with Gasteiger partial charge in [-0.1, -0.05) is 19.1 Å². The molecule has 2 aromatic rings. The monoisotopic (exact) mass is 413 g/mol. The first-order chi connectivity index (χ1) is 14.2. The number of methoxy groups -OCH3 is 1. The van der Waals surface area contributed by atoms with Gasteiger partial charge in [-0.3, -0.25) is 9.69 Å². The zero-order valence-electron chi connectivity index (χ0n) is 17.3. The predicted octanol–water partition coefficient (Wildman–Crippen LogP) is 3.60. The Hall–Kier alpha value is -2.80. The average molecular weight is 413 g/mol. The largest absolute Gasteiger partial charge is 0.385 e. The second-order valence-corrected chi connectivity index (χ2v) is 8.41. The first kappa shape index (κ1) is 20.5. The van der Waals surface area contributed by atoms with Gasteiger partial charge in [-0.25, -0.2) is 13.8 Å². The van der Waals surface area contributed by atoms with Crippen molar-refractivity contribution < 1.29 is 18.3 Å². The molecule has 0 radical (unpaired) electrons. The number of halogens is 2. The summed E-state index contributed by atoms with van der Waals surface area (Å²) in [5, 5.41) is 0. The summed E-state index contributed by atoms with van der Waals surface area (Å²) < 4.78 is 32.8. The standard InChI is InChI=1S/C23H25F2N3O2/c1-22(7-4-8-30-3)13-15-6-5-14(16-9-17(24)12-18(25)10-16)11-19(15)23(22)20(29)28(2)21(26)27-23/h5-6,9-12H,4,7-8,13H2,1-3H3,(H2,26,27). The fourth-order valence-corrected chi connectivity index (χ4v) is 4.93. The van der Waals surface area contributed by atoms with Crippen LogP contribution < -0.4 is 5.73 Å². The lowest BCUT2D eigenvalue weighted by Gasteiger charge is -2.38. The lowest BCUT2D eigenvalue weighted by atomic mass is 9.68. The number of carbonyl (C=O) groups is 1. The highest BCUT2D eigenvalue weighted by Crippen LogP contribution is 2.58. The number of nitrogens with two attached hydrogens (primary N) is 1. The van der Waals surface area contributed by atoms with Gasteiger partial charge in [0.15, 0.2) is 11.5 Å². The van der Waals surface area contributed by atoms with Gasteiger partial charge in [0.05, 0.1) is 0 Å². The minimum atomic E-state index is -1.16. The number of ether oxygens (including phenoxy) is 1. The van der Waals surface area contributed by atoms with E-state index in [1.807, 2.05) is 18.2 Å². The molecule has 0 fully saturated rings. The fraction of sp³-hybridized carbons (Fsp3) is 0.391. The molecule has 4 rings (SSSR count). The van der Waals surface area contributed by atoms with Crippen molar-refractivity contribution >= 4 is 11.9 Å². The number of aliphatic imine (C=N–C) groups is 1. The number of benzene rings is 2. The van der Waals surface area contributed by atoms with Crippen molar-refractivity contribution in [1.29, 1.82) is 0 Å². The number of likely N-dealkylation sites (N-methyl/N-ethyl adjacent to an activating group) is 1. The first-order valence-corrected chi connectivity index (χ1v) is 9.94. The molecule has 0 saturated carbocycles. The number of amides is 1. The summed E-state index contributed by atoms with van der Waals surface area (Å²) in [5.41, 5.74) is 7.21. The van der Waals surface area contributed by atoms with Crippen LogP contribution in [-0.2, 0) is 21.5 Å².